The molecule has 0 aliphatic rings. The van der Waals surface area contributed by atoms with E-state index in [0.29, 0.717) is 0 Å². The predicted octanol–water partition coefficient (Wildman–Crippen LogP) is 1.09. The molecular weight excluding hydrogens is 498 g/mol. The normalized spacial score (nSPS) is 2.71. The van der Waals surface area contributed by atoms with Gasteiger partial charge in [0.15, 0.2) is 0 Å². The minimum absolute atomic E-state index is 0. The van der Waals surface area contributed by atoms with Gasteiger partial charge in [-0.3, -0.25) is 0 Å². The predicted molar refractivity (Wildman–Crippen MR) is 66.6 cm³/mol. The van der Waals surface area contributed by atoms with Crippen molar-refractivity contribution in [2.45, 2.75) is 0 Å². The van der Waals surface area contributed by atoms with Crippen LogP contribution in [0.15, 0.2) is 0 Å². The van der Waals surface area contributed by atoms with Crippen LogP contribution in [0.2, 0.25) is 0 Å². The fraction of sp³-hybridized carbons (Fsp3) is 0.286. The van der Waals surface area contributed by atoms with E-state index in [0.717, 1.165) is 14.2 Å². The van der Waals surface area contributed by atoms with Gasteiger partial charge in [-0.25, -0.2) is 0 Å². The van der Waals surface area contributed by atoms with Crippen molar-refractivity contribution >= 4 is 20.6 Å². The zero-order chi connectivity index (χ0) is 7.58. The fourth-order valence-electron chi connectivity index (χ4n) is 0. The first-order chi connectivity index (χ1) is 3.73. The Morgan fingerprint density at radius 2 is 0.706 bits per heavy atom. The summed E-state index contributed by atoms with van der Waals surface area (Å²) in [6.07, 6.45) is 0. The first kappa shape index (κ1) is 109. The fourth-order valence-corrected chi connectivity index (χ4v) is 0. The maximum Gasteiger partial charge on any atom is 0.0319 e. The van der Waals surface area contributed by atoms with Crippen molar-refractivity contribution in [1.82, 2.24) is 0 Å². The van der Waals surface area contributed by atoms with Crippen molar-refractivity contribution in [3.63, 3.8) is 0 Å². The van der Waals surface area contributed by atoms with E-state index in [9.17, 15) is 0 Å². The first-order valence-electron chi connectivity index (χ1n) is 1.38. The van der Waals surface area contributed by atoms with Crippen molar-refractivity contribution in [3.8, 4) is 0 Å². The average molecular weight is 524 g/mol. The molecule has 0 aliphatic heterocycles. The summed E-state index contributed by atoms with van der Waals surface area (Å²) in [6.45, 7) is 0. The van der Waals surface area contributed by atoms with Crippen LogP contribution < -0.4 is 0 Å². The van der Waals surface area contributed by atoms with Crippen molar-refractivity contribution in [1.29, 1.82) is 0 Å². The van der Waals surface area contributed by atoms with Crippen LogP contribution in [-0.4, -0.2) is 29.9 Å². The summed E-state index contributed by atoms with van der Waals surface area (Å²) in [5.41, 5.74) is 0. The smallest absolute Gasteiger partial charge is 0.0319 e. The molecule has 0 fully saturated rings. The van der Waals surface area contributed by atoms with Gasteiger partial charge in [-0.1, -0.05) is 0 Å². The summed E-state index contributed by atoms with van der Waals surface area (Å²) < 4.78 is 17.5. The van der Waals surface area contributed by atoms with Crippen LogP contribution in [0.5, 0.6) is 0 Å². The molecule has 10 heteroatoms. The van der Waals surface area contributed by atoms with Gasteiger partial charge in [-0.2, -0.15) is 10.7 Å². The van der Waals surface area contributed by atoms with E-state index < -0.39 is 9.92 Å². The Kier molecular flexibility index (Phi) is 1020. The number of aliphatic hydroxyl groups is 2. The summed E-state index contributed by atoms with van der Waals surface area (Å²) in [6, 6.07) is 0. The number of halogens is 1. The molecule has 0 bridgehead atoms. The topological polar surface area (TPSA) is 106 Å². The van der Waals surface area contributed by atoms with E-state index in [1.807, 2.05) is 0 Å². The van der Waals surface area contributed by atoms with Crippen molar-refractivity contribution < 1.29 is 122 Å². The Bertz CT molecular complexity index is 81.9. The Morgan fingerprint density at radius 1 is 0.706 bits per heavy atom. The van der Waals surface area contributed by atoms with E-state index in [-0.39, 0.29) is 141 Å². The minimum atomic E-state index is -2.39. The monoisotopic (exact) mass is 523 g/mol. The Labute approximate surface area is 191 Å². The van der Waals surface area contributed by atoms with Crippen LogP contribution in [0, 0.1) is 37.1 Å². The largest absolute Gasteiger partial charge is 0.412 e. The SMILES string of the molecule is CO.CO.O.O=[S-](=O)Cl.[CH3-].[CH3-].[CH3-].[CH3-].[CH3-].[Y].[Y].[Y]. The Morgan fingerprint density at radius 3 is 0.706 bits per heavy atom. The molecule has 0 aromatic carbocycles. The van der Waals surface area contributed by atoms with Crippen LogP contribution in [-0.2, 0) is 116 Å². The average Bonchev–Trinajstić information content (AvgIpc) is 1.75. The van der Waals surface area contributed by atoms with Gasteiger partial charge in [-0.05, 0) is 0 Å². The summed E-state index contributed by atoms with van der Waals surface area (Å²) in [5, 5.41) is 14.0. The molecule has 0 atom stereocenters. The third kappa shape index (κ3) is 501. The maximum absolute atomic E-state index is 8.77. The second-order valence-corrected chi connectivity index (χ2v) is 1.34. The molecule has 0 spiro atoms. The van der Waals surface area contributed by atoms with Crippen LogP contribution in [0.25, 0.3) is 0 Å². The van der Waals surface area contributed by atoms with E-state index in [4.69, 9.17) is 18.6 Å². The van der Waals surface area contributed by atoms with Crippen LogP contribution in [0.3, 0.4) is 0 Å². The molecular formula is C7H25ClO5SY3-6. The first-order valence-corrected chi connectivity index (χ1v) is 3.28. The van der Waals surface area contributed by atoms with Crippen molar-refractivity contribution in [3.05, 3.63) is 37.1 Å². The second-order valence-electron chi connectivity index (χ2n) is 0.194. The molecule has 5 nitrogen and oxygen atoms in total. The molecule has 0 heterocycles. The molecule has 4 N–H and O–H groups in total. The van der Waals surface area contributed by atoms with E-state index in [1.54, 1.807) is 0 Å². The molecule has 0 aromatic heterocycles. The molecule has 0 aromatic rings. The van der Waals surface area contributed by atoms with Gasteiger partial charge in [-0.15, -0.1) is 0 Å². The zero-order valence-electron chi connectivity index (χ0n) is 11.7. The van der Waals surface area contributed by atoms with Crippen LogP contribution >= 0.6 is 10.7 Å². The molecule has 0 amide bonds. The summed E-state index contributed by atoms with van der Waals surface area (Å²) in [7, 11) is 3.80. The zero-order valence-corrected chi connectivity index (χ0v) is 21.8. The molecule has 0 unspecified atom stereocenters. The number of hydrogen-bond acceptors (Lipinski definition) is 5. The molecule has 111 valence electrons. The van der Waals surface area contributed by atoms with E-state index in [1.165, 1.54) is 0 Å². The van der Waals surface area contributed by atoms with Crippen molar-refractivity contribution in [2.75, 3.05) is 14.2 Å². The van der Waals surface area contributed by atoms with Gasteiger partial charge < -0.3 is 61.2 Å². The van der Waals surface area contributed by atoms with Gasteiger partial charge in [0.05, 0.1) is 0 Å². The summed E-state index contributed by atoms with van der Waals surface area (Å²) in [5.74, 6) is 0. The molecule has 0 aliphatic carbocycles. The Hall–Kier alpha value is 3.43. The standard InChI is InChI=1S/2CH4O.5CH3.ClO2S.H2O.3Y/c2*1-2;;;;;;1-4(2)3;;;;/h2*2H,1H3;5*1H3;;1H2;;;/q;;6*-1;;;;. The molecule has 3 radical (unpaired) electrons. The summed E-state index contributed by atoms with van der Waals surface area (Å²) in [4.78, 5) is 0. The summed E-state index contributed by atoms with van der Waals surface area (Å²) >= 11 is 0. The van der Waals surface area contributed by atoms with Gasteiger partial charge in [0.2, 0.25) is 0 Å². The number of hydrogen-bond donors (Lipinski definition) is 2. The number of aliphatic hydroxyl groups excluding tert-OH is 2. The van der Waals surface area contributed by atoms with Gasteiger partial charge in [0, 0.05) is 122 Å². The van der Waals surface area contributed by atoms with Crippen molar-refractivity contribution in [2.24, 2.45) is 0 Å². The van der Waals surface area contributed by atoms with Gasteiger partial charge in [0.25, 0.3) is 0 Å². The van der Waals surface area contributed by atoms with Crippen LogP contribution in [0.1, 0.15) is 0 Å². The number of rotatable bonds is 0. The molecule has 0 rings (SSSR count). The third-order valence-electron chi connectivity index (χ3n) is 0. The molecule has 0 saturated heterocycles. The minimum Gasteiger partial charge on any atom is -0.412 e. The third-order valence-corrected chi connectivity index (χ3v) is 0. The molecule has 17 heavy (non-hydrogen) atoms. The van der Waals surface area contributed by atoms with Gasteiger partial charge >= 0.3 is 0 Å². The van der Waals surface area contributed by atoms with Gasteiger partial charge in [0.1, 0.15) is 0 Å². The van der Waals surface area contributed by atoms with Crippen LogP contribution in [0.4, 0.5) is 0 Å². The van der Waals surface area contributed by atoms with E-state index >= 15 is 0 Å². The maximum atomic E-state index is 8.77. The Balaban J connectivity index is -0.00000000182. The second kappa shape index (κ2) is 160. The van der Waals surface area contributed by atoms with E-state index in [2.05, 4.69) is 10.7 Å². The molecule has 0 saturated carbocycles. The quantitative estimate of drug-likeness (QED) is 0.282.